The summed E-state index contributed by atoms with van der Waals surface area (Å²) >= 11 is 5.01. The van der Waals surface area contributed by atoms with Crippen LogP contribution in [-0.2, 0) is 0 Å². The van der Waals surface area contributed by atoms with Gasteiger partial charge in [-0.1, -0.05) is 0 Å². The summed E-state index contributed by atoms with van der Waals surface area (Å²) in [5.74, 6) is -0.787. The summed E-state index contributed by atoms with van der Waals surface area (Å²) in [5.41, 5.74) is -0.149. The molecule has 2 aromatic rings. The van der Waals surface area contributed by atoms with E-state index >= 15 is 0 Å². The molecule has 0 unspecified atom stereocenters. The first-order valence-electron chi connectivity index (χ1n) is 7.59. The number of nitro benzene ring substituents is 1. The molecule has 0 spiro atoms. The van der Waals surface area contributed by atoms with E-state index in [1.807, 2.05) is 13.8 Å². The highest BCUT2D eigenvalue weighted by Gasteiger charge is 2.15. The molecule has 0 saturated carbocycles. The van der Waals surface area contributed by atoms with Gasteiger partial charge < -0.3 is 10.1 Å². The second kappa shape index (κ2) is 8.34. The Morgan fingerprint density at radius 1 is 1.23 bits per heavy atom. The van der Waals surface area contributed by atoms with Gasteiger partial charge in [-0.15, -0.1) is 0 Å². The van der Waals surface area contributed by atoms with E-state index in [1.54, 1.807) is 24.3 Å². The SMILES string of the molecule is CC(C)Oc1ccc(C(=O)NC(=S)Nc2ccc(F)c([N+](=O)[O-])c2)cc1. The monoisotopic (exact) mass is 377 g/mol. The van der Waals surface area contributed by atoms with Crippen LogP contribution in [-0.4, -0.2) is 22.0 Å². The summed E-state index contributed by atoms with van der Waals surface area (Å²) < 4.78 is 18.8. The Balaban J connectivity index is 2.00. The van der Waals surface area contributed by atoms with Crippen molar-refractivity contribution in [2.24, 2.45) is 0 Å². The first kappa shape index (κ1) is 19.3. The van der Waals surface area contributed by atoms with Crippen molar-refractivity contribution in [2.45, 2.75) is 20.0 Å². The summed E-state index contributed by atoms with van der Waals surface area (Å²) in [4.78, 5) is 22.1. The van der Waals surface area contributed by atoms with Gasteiger partial charge in [0.1, 0.15) is 5.75 Å². The van der Waals surface area contributed by atoms with Gasteiger partial charge in [-0.3, -0.25) is 20.2 Å². The summed E-state index contributed by atoms with van der Waals surface area (Å²) in [7, 11) is 0. The highest BCUT2D eigenvalue weighted by atomic mass is 32.1. The number of hydrogen-bond donors (Lipinski definition) is 2. The van der Waals surface area contributed by atoms with Crippen LogP contribution in [0, 0.1) is 15.9 Å². The van der Waals surface area contributed by atoms with Gasteiger partial charge in [-0.25, -0.2) is 0 Å². The van der Waals surface area contributed by atoms with E-state index in [9.17, 15) is 19.3 Å². The number of hydrogen-bond acceptors (Lipinski definition) is 5. The Bertz CT molecular complexity index is 840. The molecular formula is C17H16FN3O4S. The van der Waals surface area contributed by atoms with Gasteiger partial charge in [0.25, 0.3) is 5.91 Å². The highest BCUT2D eigenvalue weighted by molar-refractivity contribution is 7.80. The van der Waals surface area contributed by atoms with E-state index in [0.717, 1.165) is 12.1 Å². The molecule has 0 aliphatic heterocycles. The molecule has 9 heteroatoms. The molecule has 2 rings (SSSR count). The predicted octanol–water partition coefficient (Wildman–Crippen LogP) is 3.65. The number of carbonyl (C=O) groups is 1. The van der Waals surface area contributed by atoms with Crippen molar-refractivity contribution >= 4 is 34.6 Å². The number of thiocarbonyl (C=S) groups is 1. The van der Waals surface area contributed by atoms with Crippen LogP contribution in [0.4, 0.5) is 15.8 Å². The quantitative estimate of drug-likeness (QED) is 0.469. The molecule has 26 heavy (non-hydrogen) atoms. The van der Waals surface area contributed by atoms with Gasteiger partial charge in [0.15, 0.2) is 5.11 Å². The normalized spacial score (nSPS) is 10.3. The number of nitrogens with zero attached hydrogens (tertiary/aromatic N) is 1. The topological polar surface area (TPSA) is 93.5 Å². The lowest BCUT2D eigenvalue weighted by Gasteiger charge is -2.11. The van der Waals surface area contributed by atoms with Crippen LogP contribution in [0.25, 0.3) is 0 Å². The molecule has 1 amide bonds. The molecule has 0 aliphatic rings. The number of rotatable bonds is 5. The molecule has 0 radical (unpaired) electrons. The predicted molar refractivity (Wildman–Crippen MR) is 98.9 cm³/mol. The molecule has 0 heterocycles. The Morgan fingerprint density at radius 3 is 2.46 bits per heavy atom. The van der Waals surface area contributed by atoms with Crippen molar-refractivity contribution in [3.63, 3.8) is 0 Å². The van der Waals surface area contributed by atoms with Crippen LogP contribution in [0.1, 0.15) is 24.2 Å². The van der Waals surface area contributed by atoms with Crippen LogP contribution in [0.2, 0.25) is 0 Å². The number of amides is 1. The highest BCUT2D eigenvalue weighted by Crippen LogP contribution is 2.21. The Morgan fingerprint density at radius 2 is 1.88 bits per heavy atom. The zero-order valence-corrected chi connectivity index (χ0v) is 14.8. The van der Waals surface area contributed by atoms with Crippen molar-refractivity contribution in [2.75, 3.05) is 5.32 Å². The third-order valence-electron chi connectivity index (χ3n) is 3.12. The van der Waals surface area contributed by atoms with E-state index in [0.29, 0.717) is 11.3 Å². The maximum absolute atomic E-state index is 13.3. The van der Waals surface area contributed by atoms with Crippen molar-refractivity contribution in [3.8, 4) is 5.75 Å². The minimum Gasteiger partial charge on any atom is -0.491 e. The minimum atomic E-state index is -0.959. The van der Waals surface area contributed by atoms with E-state index in [2.05, 4.69) is 10.6 Å². The maximum atomic E-state index is 13.3. The van der Waals surface area contributed by atoms with Crippen LogP contribution in [0.15, 0.2) is 42.5 Å². The zero-order chi connectivity index (χ0) is 19.3. The lowest BCUT2D eigenvalue weighted by molar-refractivity contribution is -0.387. The molecule has 0 saturated heterocycles. The van der Waals surface area contributed by atoms with Crippen LogP contribution < -0.4 is 15.4 Å². The molecule has 0 aliphatic carbocycles. The second-order valence-corrected chi connectivity index (χ2v) is 5.93. The van der Waals surface area contributed by atoms with Crippen LogP contribution in [0.3, 0.4) is 0 Å². The lowest BCUT2D eigenvalue weighted by atomic mass is 10.2. The first-order valence-corrected chi connectivity index (χ1v) is 8.00. The van der Waals surface area contributed by atoms with Gasteiger partial charge in [-0.2, -0.15) is 4.39 Å². The fourth-order valence-electron chi connectivity index (χ4n) is 2.03. The smallest absolute Gasteiger partial charge is 0.306 e. The Labute approximate surface area is 154 Å². The third kappa shape index (κ3) is 5.21. The Kier molecular flexibility index (Phi) is 6.18. The summed E-state index contributed by atoms with van der Waals surface area (Å²) in [6.45, 7) is 3.79. The average molecular weight is 377 g/mol. The van der Waals surface area contributed by atoms with Crippen LogP contribution in [0.5, 0.6) is 5.75 Å². The fourth-order valence-corrected chi connectivity index (χ4v) is 2.24. The minimum absolute atomic E-state index is 0.0196. The van der Waals surface area contributed by atoms with E-state index in [4.69, 9.17) is 17.0 Å². The average Bonchev–Trinajstić information content (AvgIpc) is 2.56. The fraction of sp³-hybridized carbons (Fsp3) is 0.176. The molecule has 0 fully saturated rings. The largest absolute Gasteiger partial charge is 0.491 e. The molecular weight excluding hydrogens is 361 g/mol. The molecule has 2 aromatic carbocycles. The molecule has 136 valence electrons. The van der Waals surface area contributed by atoms with Gasteiger partial charge >= 0.3 is 5.69 Å². The number of benzene rings is 2. The Hall–Kier alpha value is -3.07. The summed E-state index contributed by atoms with van der Waals surface area (Å²) in [6, 6.07) is 9.70. The molecule has 0 aromatic heterocycles. The van der Waals surface area contributed by atoms with Crippen molar-refractivity contribution in [1.29, 1.82) is 0 Å². The molecule has 0 atom stereocenters. The lowest BCUT2D eigenvalue weighted by Crippen LogP contribution is -2.34. The summed E-state index contributed by atoms with van der Waals surface area (Å²) in [6.07, 6.45) is 0.0196. The zero-order valence-electron chi connectivity index (χ0n) is 14.0. The third-order valence-corrected chi connectivity index (χ3v) is 3.32. The van der Waals surface area contributed by atoms with E-state index in [1.165, 1.54) is 6.07 Å². The van der Waals surface area contributed by atoms with E-state index < -0.39 is 22.3 Å². The van der Waals surface area contributed by atoms with Gasteiger partial charge in [-0.05, 0) is 62.5 Å². The van der Waals surface area contributed by atoms with Gasteiger partial charge in [0, 0.05) is 17.3 Å². The number of halogens is 1. The van der Waals surface area contributed by atoms with Crippen molar-refractivity contribution in [1.82, 2.24) is 5.32 Å². The maximum Gasteiger partial charge on any atom is 0.306 e. The second-order valence-electron chi connectivity index (χ2n) is 5.52. The first-order chi connectivity index (χ1) is 12.3. The number of nitrogens with one attached hydrogen (secondary N) is 2. The summed E-state index contributed by atoms with van der Waals surface area (Å²) in [5, 5.41) is 15.7. The van der Waals surface area contributed by atoms with Gasteiger partial charge in [0.2, 0.25) is 5.82 Å². The van der Waals surface area contributed by atoms with Crippen molar-refractivity contribution < 1.29 is 18.8 Å². The number of nitro groups is 1. The molecule has 2 N–H and O–H groups in total. The number of ether oxygens (including phenoxy) is 1. The van der Waals surface area contributed by atoms with E-state index in [-0.39, 0.29) is 16.9 Å². The van der Waals surface area contributed by atoms with Gasteiger partial charge in [0.05, 0.1) is 11.0 Å². The standard InChI is InChI=1S/C17H16FN3O4S/c1-10(2)25-13-6-3-11(4-7-13)16(22)20-17(26)19-12-5-8-14(18)15(9-12)21(23)24/h3-10H,1-2H3,(H2,19,20,22,26). The van der Waals surface area contributed by atoms with Crippen molar-refractivity contribution in [3.05, 3.63) is 64.0 Å². The van der Waals surface area contributed by atoms with Crippen LogP contribution >= 0.6 is 12.2 Å². The molecule has 7 nitrogen and oxygen atoms in total. The molecule has 0 bridgehead atoms. The number of carbonyl (C=O) groups excluding carboxylic acids is 1. The number of anilines is 1.